The minimum atomic E-state index is 0.266. The van der Waals surface area contributed by atoms with Gasteiger partial charge in [0.15, 0.2) is 5.96 Å². The van der Waals surface area contributed by atoms with Gasteiger partial charge in [0.05, 0.1) is 0 Å². The Morgan fingerprint density at radius 3 is 2.78 bits per heavy atom. The van der Waals surface area contributed by atoms with Crippen molar-refractivity contribution in [2.24, 2.45) is 16.8 Å². The SMILES string of the molecule is CC(C)CCN=C(Nc1cccc(O)c1)NC1CCCCC1C. The molecule has 0 aliphatic heterocycles. The molecule has 1 aliphatic carbocycles. The molecule has 0 saturated heterocycles. The van der Waals surface area contributed by atoms with Gasteiger partial charge in [0.1, 0.15) is 5.75 Å². The lowest BCUT2D eigenvalue weighted by atomic mass is 9.86. The van der Waals surface area contributed by atoms with Crippen LogP contribution in [0.2, 0.25) is 0 Å². The van der Waals surface area contributed by atoms with E-state index in [1.807, 2.05) is 12.1 Å². The van der Waals surface area contributed by atoms with Gasteiger partial charge in [-0.1, -0.05) is 39.7 Å². The molecule has 2 unspecified atom stereocenters. The van der Waals surface area contributed by atoms with Gasteiger partial charge in [0, 0.05) is 24.3 Å². The summed E-state index contributed by atoms with van der Waals surface area (Å²) in [6.07, 6.45) is 6.18. The highest BCUT2D eigenvalue weighted by molar-refractivity contribution is 5.94. The Morgan fingerprint density at radius 1 is 1.30 bits per heavy atom. The van der Waals surface area contributed by atoms with Gasteiger partial charge in [0.2, 0.25) is 0 Å². The maximum atomic E-state index is 9.64. The van der Waals surface area contributed by atoms with Crippen molar-refractivity contribution in [1.82, 2.24) is 5.32 Å². The highest BCUT2D eigenvalue weighted by atomic mass is 16.3. The predicted octanol–water partition coefficient (Wildman–Crippen LogP) is 4.37. The molecule has 128 valence electrons. The zero-order valence-corrected chi connectivity index (χ0v) is 14.7. The molecule has 3 N–H and O–H groups in total. The van der Waals surface area contributed by atoms with Gasteiger partial charge in [-0.05, 0) is 43.2 Å². The van der Waals surface area contributed by atoms with Gasteiger partial charge in [-0.3, -0.25) is 4.99 Å². The van der Waals surface area contributed by atoms with Crippen LogP contribution in [0.4, 0.5) is 5.69 Å². The fourth-order valence-corrected chi connectivity index (χ4v) is 2.98. The number of anilines is 1. The number of benzene rings is 1. The number of guanidine groups is 1. The Hall–Kier alpha value is -1.71. The van der Waals surface area contributed by atoms with E-state index in [0.29, 0.717) is 17.9 Å². The van der Waals surface area contributed by atoms with E-state index < -0.39 is 0 Å². The van der Waals surface area contributed by atoms with Crippen LogP contribution in [0, 0.1) is 11.8 Å². The zero-order chi connectivity index (χ0) is 16.7. The van der Waals surface area contributed by atoms with Crippen LogP contribution in [0.25, 0.3) is 0 Å². The molecule has 0 spiro atoms. The number of nitrogens with zero attached hydrogens (tertiary/aromatic N) is 1. The van der Waals surface area contributed by atoms with Crippen molar-refractivity contribution in [3.63, 3.8) is 0 Å². The fourth-order valence-electron chi connectivity index (χ4n) is 2.98. The Labute approximate surface area is 140 Å². The van der Waals surface area contributed by atoms with Crippen molar-refractivity contribution in [3.8, 4) is 5.75 Å². The standard InChI is InChI=1S/C19H31N3O/c1-14(2)11-12-20-19(21-16-8-6-9-17(23)13-16)22-18-10-5-4-7-15(18)3/h6,8-9,13-15,18,23H,4-5,7,10-12H2,1-3H3,(H2,20,21,22). The molecule has 2 rings (SSSR count). The molecule has 4 heteroatoms. The third kappa shape index (κ3) is 6.12. The predicted molar refractivity (Wildman–Crippen MR) is 98.0 cm³/mol. The Morgan fingerprint density at radius 2 is 2.09 bits per heavy atom. The number of phenols is 1. The summed E-state index contributed by atoms with van der Waals surface area (Å²) in [5, 5.41) is 16.6. The van der Waals surface area contributed by atoms with E-state index in [9.17, 15) is 5.11 Å². The summed E-state index contributed by atoms with van der Waals surface area (Å²) in [6, 6.07) is 7.67. The Balaban J connectivity index is 2.04. The minimum Gasteiger partial charge on any atom is -0.508 e. The summed E-state index contributed by atoms with van der Waals surface area (Å²) in [4.78, 5) is 4.73. The minimum absolute atomic E-state index is 0.266. The second-order valence-corrected chi connectivity index (χ2v) is 7.10. The molecule has 2 atom stereocenters. The first kappa shape index (κ1) is 17.6. The van der Waals surface area contributed by atoms with E-state index in [1.54, 1.807) is 12.1 Å². The van der Waals surface area contributed by atoms with Crippen molar-refractivity contribution >= 4 is 11.6 Å². The number of hydrogen-bond acceptors (Lipinski definition) is 2. The summed E-state index contributed by atoms with van der Waals surface area (Å²) in [7, 11) is 0. The number of aliphatic imine (C=N–C) groups is 1. The maximum Gasteiger partial charge on any atom is 0.196 e. The van der Waals surface area contributed by atoms with E-state index in [1.165, 1.54) is 25.7 Å². The normalized spacial score (nSPS) is 22.2. The molecule has 4 nitrogen and oxygen atoms in total. The second-order valence-electron chi connectivity index (χ2n) is 7.10. The largest absolute Gasteiger partial charge is 0.508 e. The molecule has 1 aliphatic rings. The third-order valence-electron chi connectivity index (χ3n) is 4.52. The molecule has 0 bridgehead atoms. The van der Waals surface area contributed by atoms with Crippen LogP contribution in [-0.2, 0) is 0 Å². The molecular formula is C19H31N3O. The van der Waals surface area contributed by atoms with Gasteiger partial charge in [-0.25, -0.2) is 0 Å². The average Bonchev–Trinajstić information content (AvgIpc) is 2.49. The molecule has 1 fully saturated rings. The molecule has 1 saturated carbocycles. The van der Waals surface area contributed by atoms with Crippen LogP contribution in [-0.4, -0.2) is 23.7 Å². The lowest BCUT2D eigenvalue weighted by molar-refractivity contribution is 0.308. The van der Waals surface area contributed by atoms with E-state index in [2.05, 4.69) is 31.4 Å². The fraction of sp³-hybridized carbons (Fsp3) is 0.632. The molecule has 0 amide bonds. The lowest BCUT2D eigenvalue weighted by Crippen LogP contribution is -2.44. The summed E-state index contributed by atoms with van der Waals surface area (Å²) in [5.41, 5.74) is 0.865. The van der Waals surface area contributed by atoms with Crippen molar-refractivity contribution in [3.05, 3.63) is 24.3 Å². The number of aromatic hydroxyl groups is 1. The van der Waals surface area contributed by atoms with Crippen LogP contribution in [0.15, 0.2) is 29.3 Å². The molecule has 1 aromatic carbocycles. The smallest absolute Gasteiger partial charge is 0.196 e. The van der Waals surface area contributed by atoms with Gasteiger partial charge in [0.25, 0.3) is 0 Å². The first-order valence-electron chi connectivity index (χ1n) is 8.91. The van der Waals surface area contributed by atoms with Crippen LogP contribution < -0.4 is 10.6 Å². The summed E-state index contributed by atoms with van der Waals surface area (Å²) in [5.74, 6) is 2.41. The highest BCUT2D eigenvalue weighted by Gasteiger charge is 2.22. The first-order valence-corrected chi connectivity index (χ1v) is 8.91. The second kappa shape index (κ2) is 8.80. The topological polar surface area (TPSA) is 56.7 Å². The number of phenolic OH excluding ortho intramolecular Hbond substituents is 1. The van der Waals surface area contributed by atoms with E-state index in [4.69, 9.17) is 4.99 Å². The maximum absolute atomic E-state index is 9.64. The summed E-state index contributed by atoms with van der Waals surface area (Å²) in [6.45, 7) is 7.56. The molecule has 0 radical (unpaired) electrons. The summed E-state index contributed by atoms with van der Waals surface area (Å²) >= 11 is 0. The van der Waals surface area contributed by atoms with Crippen molar-refractivity contribution in [1.29, 1.82) is 0 Å². The Kier molecular flexibility index (Phi) is 6.75. The molecular weight excluding hydrogens is 286 g/mol. The number of nitrogens with one attached hydrogen (secondary N) is 2. The van der Waals surface area contributed by atoms with Crippen LogP contribution in [0.3, 0.4) is 0 Å². The third-order valence-corrected chi connectivity index (χ3v) is 4.52. The van der Waals surface area contributed by atoms with E-state index >= 15 is 0 Å². The quantitative estimate of drug-likeness (QED) is 0.558. The van der Waals surface area contributed by atoms with Gasteiger partial charge in [-0.15, -0.1) is 0 Å². The highest BCUT2D eigenvalue weighted by Crippen LogP contribution is 2.24. The lowest BCUT2D eigenvalue weighted by Gasteiger charge is -2.31. The molecule has 1 aromatic rings. The molecule has 0 aromatic heterocycles. The van der Waals surface area contributed by atoms with Crippen LogP contribution in [0.5, 0.6) is 5.75 Å². The van der Waals surface area contributed by atoms with Crippen molar-refractivity contribution in [2.45, 2.75) is 58.9 Å². The van der Waals surface area contributed by atoms with Gasteiger partial charge >= 0.3 is 0 Å². The van der Waals surface area contributed by atoms with E-state index in [-0.39, 0.29) is 5.75 Å². The first-order chi connectivity index (χ1) is 11.0. The molecule has 0 heterocycles. The molecule has 23 heavy (non-hydrogen) atoms. The van der Waals surface area contributed by atoms with Crippen molar-refractivity contribution in [2.75, 3.05) is 11.9 Å². The monoisotopic (exact) mass is 317 g/mol. The van der Waals surface area contributed by atoms with Gasteiger partial charge in [-0.2, -0.15) is 0 Å². The average molecular weight is 317 g/mol. The van der Waals surface area contributed by atoms with Crippen LogP contribution >= 0.6 is 0 Å². The number of rotatable bonds is 5. The van der Waals surface area contributed by atoms with Crippen LogP contribution in [0.1, 0.15) is 52.9 Å². The zero-order valence-electron chi connectivity index (χ0n) is 14.7. The summed E-state index contributed by atoms with van der Waals surface area (Å²) < 4.78 is 0. The van der Waals surface area contributed by atoms with E-state index in [0.717, 1.165) is 24.6 Å². The van der Waals surface area contributed by atoms with Gasteiger partial charge < -0.3 is 15.7 Å². The Bertz CT molecular complexity index is 513. The van der Waals surface area contributed by atoms with Crippen molar-refractivity contribution < 1.29 is 5.11 Å². The number of hydrogen-bond donors (Lipinski definition) is 3.